The van der Waals surface area contributed by atoms with Gasteiger partial charge in [-0.15, -0.1) is 0 Å². The fourth-order valence-corrected chi connectivity index (χ4v) is 3.28. The monoisotopic (exact) mass is 517 g/mol. The number of para-hydroxylation sites is 1. The van der Waals surface area contributed by atoms with E-state index in [-0.39, 0.29) is 12.1 Å². The molecule has 0 heterocycles. The van der Waals surface area contributed by atoms with E-state index in [2.05, 4.69) is 16.0 Å². The lowest BCUT2D eigenvalue weighted by Crippen LogP contribution is -2.58. The highest BCUT2D eigenvalue weighted by Gasteiger charge is 2.32. The normalized spacial score (nSPS) is 12.7. The number of amides is 2. The molecule has 202 valence electrons. The first-order chi connectivity index (χ1) is 17.3. The van der Waals surface area contributed by atoms with Crippen LogP contribution in [0.25, 0.3) is 0 Å². The maximum atomic E-state index is 12.8. The van der Waals surface area contributed by atoms with Crippen molar-refractivity contribution < 1.29 is 39.2 Å². The number of benzene rings is 2. The van der Waals surface area contributed by atoms with E-state index in [0.717, 1.165) is 12.0 Å². The van der Waals surface area contributed by atoms with Gasteiger partial charge in [-0.25, -0.2) is 9.59 Å². The van der Waals surface area contributed by atoms with Gasteiger partial charge in [-0.1, -0.05) is 55.5 Å². The number of nitrogens with one attached hydrogen (secondary N) is 3. The first-order valence-electron chi connectivity index (χ1n) is 11.8. The summed E-state index contributed by atoms with van der Waals surface area (Å²) < 4.78 is 10.7. The zero-order valence-electron chi connectivity index (χ0n) is 20.9. The van der Waals surface area contributed by atoms with Gasteiger partial charge in [0.15, 0.2) is 6.10 Å². The Labute approximate surface area is 215 Å². The van der Waals surface area contributed by atoms with Gasteiger partial charge in [0.2, 0.25) is 11.8 Å². The maximum Gasteiger partial charge on any atom is 0.417 e. The van der Waals surface area contributed by atoms with Gasteiger partial charge in [-0.3, -0.25) is 14.9 Å². The van der Waals surface area contributed by atoms with E-state index < -0.39 is 41.9 Å². The molecule has 37 heavy (non-hydrogen) atoms. The molecule has 11 nitrogen and oxygen atoms in total. The van der Waals surface area contributed by atoms with E-state index in [1.807, 2.05) is 30.3 Å². The Kier molecular flexibility index (Phi) is 14.0. The van der Waals surface area contributed by atoms with E-state index in [9.17, 15) is 19.2 Å². The minimum absolute atomic E-state index is 0. The predicted octanol–water partition coefficient (Wildman–Crippen LogP) is 0.674. The van der Waals surface area contributed by atoms with E-state index in [1.165, 1.54) is 6.92 Å². The molecule has 0 fully saturated rings. The Morgan fingerprint density at radius 3 is 2.16 bits per heavy atom. The Balaban J connectivity index is 0.00000684. The number of esters is 1. The molecule has 0 saturated heterocycles. The van der Waals surface area contributed by atoms with E-state index >= 15 is 0 Å². The number of carboxylic acid groups (broad SMARTS) is 1. The molecule has 11 heteroatoms. The Morgan fingerprint density at radius 2 is 1.57 bits per heavy atom. The third-order valence-corrected chi connectivity index (χ3v) is 5.25. The molecule has 0 bridgehead atoms. The molecule has 2 aromatic rings. The van der Waals surface area contributed by atoms with Gasteiger partial charge in [0.1, 0.15) is 24.4 Å². The number of carboxylic acids is 1. The van der Waals surface area contributed by atoms with E-state index in [1.54, 1.807) is 37.3 Å². The molecule has 0 saturated carbocycles. The van der Waals surface area contributed by atoms with Crippen molar-refractivity contribution >= 4 is 23.8 Å². The SMILES string of the molecule is CCNC(NC(=O)C(C)C(=O)NCCCc1ccccc1)C(COc1ccccc1)OC(=O)C(=O)O.O. The third kappa shape index (κ3) is 11.1. The molecule has 2 rings (SSSR count). The lowest BCUT2D eigenvalue weighted by Gasteiger charge is -2.28. The fraction of sp³-hybridized carbons (Fsp3) is 0.385. The zero-order valence-corrected chi connectivity index (χ0v) is 20.9. The first-order valence-corrected chi connectivity index (χ1v) is 11.8. The Morgan fingerprint density at radius 1 is 0.946 bits per heavy atom. The van der Waals surface area contributed by atoms with Gasteiger partial charge >= 0.3 is 11.9 Å². The number of rotatable bonds is 14. The fourth-order valence-electron chi connectivity index (χ4n) is 3.28. The van der Waals surface area contributed by atoms with Gasteiger partial charge in [0.25, 0.3) is 0 Å². The largest absolute Gasteiger partial charge is 0.490 e. The predicted molar refractivity (Wildman–Crippen MR) is 136 cm³/mol. The molecular formula is C26H35N3O8. The summed E-state index contributed by atoms with van der Waals surface area (Å²) in [5, 5.41) is 17.3. The van der Waals surface area contributed by atoms with Crippen molar-refractivity contribution in [2.24, 2.45) is 5.92 Å². The second-order valence-electron chi connectivity index (χ2n) is 8.02. The van der Waals surface area contributed by atoms with Gasteiger partial charge in [-0.2, -0.15) is 0 Å². The molecule has 0 aromatic heterocycles. The van der Waals surface area contributed by atoms with Crippen LogP contribution in [0.2, 0.25) is 0 Å². The second kappa shape index (κ2) is 16.7. The van der Waals surface area contributed by atoms with Crippen LogP contribution in [0.5, 0.6) is 5.75 Å². The molecule has 6 N–H and O–H groups in total. The summed E-state index contributed by atoms with van der Waals surface area (Å²) in [6.45, 7) is 3.75. The van der Waals surface area contributed by atoms with E-state index in [4.69, 9.17) is 14.6 Å². The number of ether oxygens (including phenoxy) is 2. The van der Waals surface area contributed by atoms with Crippen LogP contribution in [0.3, 0.4) is 0 Å². The number of likely N-dealkylation sites (N-methyl/N-ethyl adjacent to an activating group) is 1. The molecule has 0 radical (unpaired) electrons. The summed E-state index contributed by atoms with van der Waals surface area (Å²) >= 11 is 0. The molecule has 0 aliphatic rings. The summed E-state index contributed by atoms with van der Waals surface area (Å²) in [7, 11) is 0. The molecule has 0 aliphatic carbocycles. The van der Waals surface area contributed by atoms with Gasteiger partial charge in [0.05, 0.1) is 0 Å². The van der Waals surface area contributed by atoms with E-state index in [0.29, 0.717) is 25.3 Å². The second-order valence-corrected chi connectivity index (χ2v) is 8.02. The summed E-state index contributed by atoms with van der Waals surface area (Å²) in [6, 6.07) is 18.5. The Hall–Kier alpha value is -3.96. The number of hydrogen-bond acceptors (Lipinski definition) is 7. The molecular weight excluding hydrogens is 482 g/mol. The minimum atomic E-state index is -1.77. The summed E-state index contributed by atoms with van der Waals surface area (Å²) in [4.78, 5) is 48.1. The molecule has 2 aromatic carbocycles. The highest BCUT2D eigenvalue weighted by Crippen LogP contribution is 2.11. The van der Waals surface area contributed by atoms with Crippen molar-refractivity contribution in [3.05, 3.63) is 66.2 Å². The molecule has 0 spiro atoms. The van der Waals surface area contributed by atoms with Gasteiger partial charge in [-0.05, 0) is 44.0 Å². The first kappa shape index (κ1) is 31.1. The number of hydrogen-bond donors (Lipinski definition) is 4. The molecule has 0 aliphatic heterocycles. The highest BCUT2D eigenvalue weighted by molar-refractivity contribution is 6.28. The number of carbonyl (C=O) groups is 4. The van der Waals surface area contributed by atoms with Crippen molar-refractivity contribution in [3.63, 3.8) is 0 Å². The Bertz CT molecular complexity index is 988. The summed E-state index contributed by atoms with van der Waals surface area (Å²) in [6.07, 6.45) is -0.669. The van der Waals surface area contributed by atoms with Crippen LogP contribution >= 0.6 is 0 Å². The average molecular weight is 518 g/mol. The van der Waals surface area contributed by atoms with Crippen molar-refractivity contribution in [1.29, 1.82) is 0 Å². The van der Waals surface area contributed by atoms with Crippen LogP contribution in [0.15, 0.2) is 60.7 Å². The lowest BCUT2D eigenvalue weighted by molar-refractivity contribution is -0.170. The van der Waals surface area contributed by atoms with Gasteiger partial charge < -0.3 is 30.7 Å². The van der Waals surface area contributed by atoms with Crippen LogP contribution in [-0.4, -0.2) is 66.3 Å². The van der Waals surface area contributed by atoms with Crippen LogP contribution < -0.4 is 20.7 Å². The summed E-state index contributed by atoms with van der Waals surface area (Å²) in [5.41, 5.74) is 1.16. The van der Waals surface area contributed by atoms with Crippen LogP contribution in [0.4, 0.5) is 0 Å². The zero-order chi connectivity index (χ0) is 26.3. The van der Waals surface area contributed by atoms with Crippen LogP contribution in [0.1, 0.15) is 25.8 Å². The van der Waals surface area contributed by atoms with Crippen molar-refractivity contribution in [1.82, 2.24) is 16.0 Å². The molecule has 2 amide bonds. The minimum Gasteiger partial charge on any atom is -0.490 e. The summed E-state index contributed by atoms with van der Waals surface area (Å²) in [5.74, 6) is -4.89. The number of carbonyl (C=O) groups excluding carboxylic acids is 3. The van der Waals surface area contributed by atoms with Crippen molar-refractivity contribution in [3.8, 4) is 5.75 Å². The standard InChI is InChI=1S/C26H33N3O7.H2O/c1-3-27-22(21(36-26(34)25(32)33)17-35-20-14-8-5-9-15-20)29-24(31)18(2)23(30)28-16-10-13-19-11-6-4-7-12-19;/h4-9,11-12,14-15,18,21-22,27H,3,10,13,16-17H2,1-2H3,(H,28,30)(H,29,31)(H,32,33);1H2. The quantitative estimate of drug-likeness (QED) is 0.0930. The van der Waals surface area contributed by atoms with Crippen molar-refractivity contribution in [2.75, 3.05) is 19.7 Å². The van der Waals surface area contributed by atoms with Crippen molar-refractivity contribution in [2.45, 2.75) is 39.0 Å². The number of aryl methyl sites for hydroxylation is 1. The van der Waals surface area contributed by atoms with Crippen LogP contribution in [0, 0.1) is 5.92 Å². The topological polar surface area (TPSA) is 175 Å². The number of aliphatic carboxylic acids is 1. The smallest absolute Gasteiger partial charge is 0.417 e. The van der Waals surface area contributed by atoms with Gasteiger partial charge in [0, 0.05) is 6.54 Å². The maximum absolute atomic E-state index is 12.8. The lowest BCUT2D eigenvalue weighted by atomic mass is 10.1. The van der Waals surface area contributed by atoms with Crippen LogP contribution in [-0.2, 0) is 30.3 Å². The third-order valence-electron chi connectivity index (χ3n) is 5.25. The highest BCUT2D eigenvalue weighted by atomic mass is 16.6. The average Bonchev–Trinajstić information content (AvgIpc) is 2.89. The molecule has 3 atom stereocenters. The molecule has 3 unspecified atom stereocenters.